The molecule has 1 N–H and O–H groups in total. The van der Waals surface area contributed by atoms with E-state index < -0.39 is 6.10 Å². The summed E-state index contributed by atoms with van der Waals surface area (Å²) in [7, 11) is 0. The van der Waals surface area contributed by atoms with Crippen LogP contribution in [0, 0.1) is 9.39 Å². The van der Waals surface area contributed by atoms with Gasteiger partial charge < -0.3 is 5.11 Å². The van der Waals surface area contributed by atoms with E-state index >= 15 is 0 Å². The summed E-state index contributed by atoms with van der Waals surface area (Å²) in [6.45, 7) is 0. The van der Waals surface area contributed by atoms with Crippen LogP contribution in [0.1, 0.15) is 17.2 Å². The summed E-state index contributed by atoms with van der Waals surface area (Å²) in [5, 5.41) is 11.3. The van der Waals surface area contributed by atoms with Crippen LogP contribution in [0.2, 0.25) is 10.0 Å². The Balaban J connectivity index is 2.28. The van der Waals surface area contributed by atoms with E-state index in [1.165, 1.54) is 12.1 Å². The van der Waals surface area contributed by atoms with Crippen molar-refractivity contribution in [1.29, 1.82) is 0 Å². The fourth-order valence-corrected chi connectivity index (χ4v) is 3.19. The Bertz CT molecular complexity index is 584. The smallest absolute Gasteiger partial charge is 0.124 e. The largest absolute Gasteiger partial charge is 0.388 e. The molecule has 0 bridgehead atoms. The van der Waals surface area contributed by atoms with E-state index in [2.05, 4.69) is 0 Å². The molecule has 19 heavy (non-hydrogen) atoms. The summed E-state index contributed by atoms with van der Waals surface area (Å²) in [4.78, 5) is 0. The minimum absolute atomic E-state index is 0.292. The first-order valence-electron chi connectivity index (χ1n) is 5.55. The number of hydrogen-bond donors (Lipinski definition) is 1. The molecule has 0 fully saturated rings. The predicted octanol–water partition coefficient (Wildman–Crippen LogP) is 5.01. The number of rotatable bonds is 3. The van der Waals surface area contributed by atoms with E-state index in [1.54, 1.807) is 24.3 Å². The van der Waals surface area contributed by atoms with Crippen molar-refractivity contribution in [3.05, 3.63) is 67.0 Å². The number of halogens is 4. The summed E-state index contributed by atoms with van der Waals surface area (Å²) in [6.07, 6.45) is -0.481. The maximum atomic E-state index is 13.0. The lowest BCUT2D eigenvalue weighted by Gasteiger charge is -2.15. The van der Waals surface area contributed by atoms with E-state index in [1.807, 2.05) is 22.6 Å². The van der Waals surface area contributed by atoms with E-state index in [9.17, 15) is 9.50 Å². The number of aliphatic hydroxyl groups is 1. The molecular weight excluding hydrogens is 401 g/mol. The van der Waals surface area contributed by atoms with Crippen LogP contribution >= 0.6 is 45.8 Å². The highest BCUT2D eigenvalue weighted by Gasteiger charge is 2.16. The van der Waals surface area contributed by atoms with Gasteiger partial charge in [0.2, 0.25) is 0 Å². The molecule has 0 saturated heterocycles. The van der Waals surface area contributed by atoms with Gasteiger partial charge in [-0.15, -0.1) is 0 Å². The van der Waals surface area contributed by atoms with Crippen LogP contribution in [0.4, 0.5) is 4.39 Å². The first-order valence-corrected chi connectivity index (χ1v) is 7.38. The van der Waals surface area contributed by atoms with Crippen LogP contribution in [0.15, 0.2) is 36.4 Å². The lowest BCUT2D eigenvalue weighted by Crippen LogP contribution is -2.05. The van der Waals surface area contributed by atoms with Crippen molar-refractivity contribution in [3.8, 4) is 0 Å². The minimum atomic E-state index is -0.773. The molecule has 100 valence electrons. The van der Waals surface area contributed by atoms with Gasteiger partial charge in [-0.2, -0.15) is 0 Å². The quantitative estimate of drug-likeness (QED) is 0.705. The van der Waals surface area contributed by atoms with Crippen LogP contribution in [-0.4, -0.2) is 5.11 Å². The van der Waals surface area contributed by atoms with E-state index in [0.717, 1.165) is 0 Å². The normalized spacial score (nSPS) is 12.5. The zero-order chi connectivity index (χ0) is 14.0. The third-order valence-electron chi connectivity index (χ3n) is 2.78. The van der Waals surface area contributed by atoms with E-state index in [4.69, 9.17) is 23.2 Å². The molecule has 0 saturated carbocycles. The van der Waals surface area contributed by atoms with Crippen LogP contribution in [0.3, 0.4) is 0 Å². The summed E-state index contributed by atoms with van der Waals surface area (Å²) >= 11 is 14.1. The summed E-state index contributed by atoms with van der Waals surface area (Å²) < 4.78 is 13.7. The van der Waals surface area contributed by atoms with Crippen LogP contribution < -0.4 is 0 Å². The molecule has 1 nitrogen and oxygen atoms in total. The average molecular weight is 411 g/mol. The van der Waals surface area contributed by atoms with E-state index in [-0.39, 0.29) is 5.82 Å². The van der Waals surface area contributed by atoms with Crippen LogP contribution in [0.25, 0.3) is 0 Å². The van der Waals surface area contributed by atoms with Crippen LogP contribution in [0.5, 0.6) is 0 Å². The molecule has 2 aromatic carbocycles. The summed E-state index contributed by atoms with van der Waals surface area (Å²) in [5.41, 5.74) is 1.36. The van der Waals surface area contributed by atoms with Crippen molar-refractivity contribution < 1.29 is 9.50 Å². The van der Waals surface area contributed by atoms with Crippen molar-refractivity contribution in [2.45, 2.75) is 12.5 Å². The molecule has 0 aliphatic heterocycles. The Morgan fingerprint density at radius 1 is 1.16 bits per heavy atom. The Morgan fingerprint density at radius 2 is 1.79 bits per heavy atom. The van der Waals surface area contributed by atoms with Gasteiger partial charge in [-0.25, -0.2) is 4.39 Å². The first kappa shape index (κ1) is 15.0. The van der Waals surface area contributed by atoms with Crippen molar-refractivity contribution in [3.63, 3.8) is 0 Å². The second-order valence-corrected chi connectivity index (χ2v) is 6.06. The monoisotopic (exact) mass is 410 g/mol. The SMILES string of the molecule is OC(Cc1c(Cl)cccc1Cl)c1ccc(F)cc1I. The predicted molar refractivity (Wildman–Crippen MR) is 84.2 cm³/mol. The second-order valence-electron chi connectivity index (χ2n) is 4.09. The van der Waals surface area contributed by atoms with Crippen molar-refractivity contribution in [2.24, 2.45) is 0 Å². The van der Waals surface area contributed by atoms with Crippen LogP contribution in [-0.2, 0) is 6.42 Å². The minimum Gasteiger partial charge on any atom is -0.388 e. The third-order valence-corrected chi connectivity index (χ3v) is 4.42. The van der Waals surface area contributed by atoms with Gasteiger partial charge in [-0.05, 0) is 58.0 Å². The molecule has 1 atom stereocenters. The zero-order valence-corrected chi connectivity index (χ0v) is 13.4. The Morgan fingerprint density at radius 3 is 2.37 bits per heavy atom. The first-order chi connectivity index (χ1) is 8.99. The zero-order valence-electron chi connectivity index (χ0n) is 9.71. The lowest BCUT2D eigenvalue weighted by atomic mass is 10.0. The highest BCUT2D eigenvalue weighted by Crippen LogP contribution is 2.30. The maximum absolute atomic E-state index is 13.0. The third kappa shape index (κ3) is 3.60. The van der Waals surface area contributed by atoms with Gasteiger partial charge in [0.15, 0.2) is 0 Å². The average Bonchev–Trinajstić information content (AvgIpc) is 2.33. The van der Waals surface area contributed by atoms with Gasteiger partial charge in [0.1, 0.15) is 5.82 Å². The second kappa shape index (κ2) is 6.39. The highest BCUT2D eigenvalue weighted by molar-refractivity contribution is 14.1. The number of benzene rings is 2. The molecule has 2 aromatic rings. The topological polar surface area (TPSA) is 20.2 Å². The molecule has 0 amide bonds. The Hall–Kier alpha value is -0.360. The van der Waals surface area contributed by atoms with E-state index in [0.29, 0.717) is 31.2 Å². The van der Waals surface area contributed by atoms with Gasteiger partial charge in [-0.1, -0.05) is 35.3 Å². The van der Waals surface area contributed by atoms with Crippen molar-refractivity contribution in [1.82, 2.24) is 0 Å². The molecule has 0 aliphatic rings. The Labute approximate surface area is 134 Å². The lowest BCUT2D eigenvalue weighted by molar-refractivity contribution is 0.177. The van der Waals surface area contributed by atoms with Gasteiger partial charge >= 0.3 is 0 Å². The molecule has 0 radical (unpaired) electrons. The molecule has 5 heteroatoms. The Kier molecular flexibility index (Phi) is 5.06. The standard InChI is InChI=1S/C14H10Cl2FIO/c15-11-2-1-3-12(16)10(11)7-14(19)9-5-4-8(17)6-13(9)18/h1-6,14,19H,7H2. The number of aliphatic hydroxyl groups excluding tert-OH is 1. The fraction of sp³-hybridized carbons (Fsp3) is 0.143. The molecule has 1 unspecified atom stereocenters. The fourth-order valence-electron chi connectivity index (χ4n) is 1.80. The molecule has 0 spiro atoms. The molecule has 0 aliphatic carbocycles. The van der Waals surface area contributed by atoms with Gasteiger partial charge in [0.25, 0.3) is 0 Å². The van der Waals surface area contributed by atoms with Gasteiger partial charge in [-0.3, -0.25) is 0 Å². The molecule has 0 heterocycles. The van der Waals surface area contributed by atoms with Gasteiger partial charge in [0.05, 0.1) is 6.10 Å². The molecule has 2 rings (SSSR count). The molecule has 0 aromatic heterocycles. The van der Waals surface area contributed by atoms with Gasteiger partial charge in [0, 0.05) is 20.0 Å². The molecular formula is C14H10Cl2FIO. The summed E-state index contributed by atoms with van der Waals surface area (Å²) in [6, 6.07) is 9.49. The van der Waals surface area contributed by atoms with Crippen molar-refractivity contribution >= 4 is 45.8 Å². The number of hydrogen-bond acceptors (Lipinski definition) is 1. The maximum Gasteiger partial charge on any atom is 0.124 e. The highest BCUT2D eigenvalue weighted by atomic mass is 127. The van der Waals surface area contributed by atoms with Crippen molar-refractivity contribution in [2.75, 3.05) is 0 Å². The summed E-state index contributed by atoms with van der Waals surface area (Å²) in [5.74, 6) is -0.323.